The molecule has 0 unspecified atom stereocenters. The topological polar surface area (TPSA) is 33.6 Å². The highest BCUT2D eigenvalue weighted by atomic mass is 32.1. The summed E-state index contributed by atoms with van der Waals surface area (Å²) in [4.78, 5) is 7.87. The van der Waals surface area contributed by atoms with Gasteiger partial charge < -0.3 is 4.98 Å². The lowest BCUT2D eigenvalue weighted by molar-refractivity contribution is 0.681. The maximum absolute atomic E-state index is 5.57. The van der Waals surface area contributed by atoms with Crippen LogP contribution in [0.4, 0.5) is 0 Å². The Hall–Kier alpha value is -1.94. The second-order valence-corrected chi connectivity index (χ2v) is 6.10. The van der Waals surface area contributed by atoms with Gasteiger partial charge in [0, 0.05) is 6.20 Å². The number of hydrogen-bond donors (Lipinski definition) is 1. The number of nitrogens with zero attached hydrogens (tertiary/aromatic N) is 2. The average molecular weight is 295 g/mol. The molecule has 0 amide bonds. The zero-order valence-corrected chi connectivity index (χ0v) is 12.8. The second kappa shape index (κ2) is 4.81. The van der Waals surface area contributed by atoms with Crippen molar-refractivity contribution in [3.05, 3.63) is 51.9 Å². The van der Waals surface area contributed by atoms with Crippen molar-refractivity contribution in [1.82, 2.24) is 14.5 Å². The smallest absolute Gasteiger partial charge is 0.184 e. The van der Waals surface area contributed by atoms with E-state index < -0.39 is 0 Å². The number of rotatable bonds is 1. The predicted octanol–water partition coefficient (Wildman–Crippen LogP) is 4.27. The van der Waals surface area contributed by atoms with Gasteiger partial charge >= 0.3 is 0 Å². The number of fused-ring (bicyclic) bond motifs is 2. The van der Waals surface area contributed by atoms with Crippen molar-refractivity contribution in [2.24, 2.45) is 0 Å². The van der Waals surface area contributed by atoms with Gasteiger partial charge in [-0.15, -0.1) is 0 Å². The molecule has 3 aromatic rings. The van der Waals surface area contributed by atoms with Crippen LogP contribution in [0.5, 0.6) is 0 Å². The van der Waals surface area contributed by atoms with Crippen LogP contribution >= 0.6 is 12.2 Å². The number of imidazole rings is 1. The highest BCUT2D eigenvalue weighted by Gasteiger charge is 2.17. The third-order valence-corrected chi connectivity index (χ3v) is 4.68. The summed E-state index contributed by atoms with van der Waals surface area (Å²) >= 11 is 5.57. The van der Waals surface area contributed by atoms with E-state index in [1.54, 1.807) is 0 Å². The molecular weight excluding hydrogens is 278 g/mol. The van der Waals surface area contributed by atoms with E-state index in [9.17, 15) is 0 Å². The molecule has 0 bridgehead atoms. The van der Waals surface area contributed by atoms with Gasteiger partial charge in [0.15, 0.2) is 10.4 Å². The molecule has 0 fully saturated rings. The van der Waals surface area contributed by atoms with Crippen molar-refractivity contribution in [3.8, 4) is 5.69 Å². The summed E-state index contributed by atoms with van der Waals surface area (Å²) in [6.45, 7) is 2.08. The van der Waals surface area contributed by atoms with Crippen LogP contribution in [0.3, 0.4) is 0 Å². The number of nitrogens with one attached hydrogen (secondary N) is 1. The van der Waals surface area contributed by atoms with E-state index in [0.29, 0.717) is 0 Å². The van der Waals surface area contributed by atoms with Crippen LogP contribution in [-0.2, 0) is 12.8 Å². The fraction of sp³-hybridized carbons (Fsp3) is 0.294. The highest BCUT2D eigenvalue weighted by Crippen LogP contribution is 2.29. The van der Waals surface area contributed by atoms with Crippen LogP contribution in [0.15, 0.2) is 30.5 Å². The molecule has 4 rings (SSSR count). The lowest BCUT2D eigenvalue weighted by Gasteiger charge is -2.19. The Kier molecular flexibility index (Phi) is 2.93. The third kappa shape index (κ3) is 1.94. The monoisotopic (exact) mass is 295 g/mol. The fourth-order valence-corrected chi connectivity index (χ4v) is 3.61. The van der Waals surface area contributed by atoms with E-state index in [2.05, 4.69) is 39.7 Å². The van der Waals surface area contributed by atoms with E-state index in [1.807, 2.05) is 12.3 Å². The van der Waals surface area contributed by atoms with Crippen molar-refractivity contribution in [3.63, 3.8) is 0 Å². The first-order valence-electron chi connectivity index (χ1n) is 7.43. The van der Waals surface area contributed by atoms with Crippen LogP contribution in [0.25, 0.3) is 16.9 Å². The van der Waals surface area contributed by atoms with Crippen LogP contribution in [0, 0.1) is 11.7 Å². The zero-order valence-electron chi connectivity index (χ0n) is 12.0. The van der Waals surface area contributed by atoms with Gasteiger partial charge in [0.2, 0.25) is 0 Å². The SMILES string of the molecule is Cc1ccnc2c1[nH]c(=S)n2-c1cccc2c1CCCC2. The van der Waals surface area contributed by atoms with Gasteiger partial charge in [-0.05, 0) is 73.6 Å². The Labute approximate surface area is 128 Å². The number of benzene rings is 1. The molecule has 2 heterocycles. The third-order valence-electron chi connectivity index (χ3n) is 4.40. The number of aromatic amines is 1. The Morgan fingerprint density at radius 2 is 2.05 bits per heavy atom. The zero-order chi connectivity index (χ0) is 14.4. The standard InChI is InChI=1S/C17H17N3S/c1-11-9-10-18-16-15(11)19-17(21)20(16)14-8-4-6-12-5-2-3-7-13(12)14/h4,6,8-10H,2-3,5,7H2,1H3,(H,19,21). The van der Waals surface area contributed by atoms with Crippen molar-refractivity contribution in [1.29, 1.82) is 0 Å². The van der Waals surface area contributed by atoms with Crippen molar-refractivity contribution < 1.29 is 0 Å². The van der Waals surface area contributed by atoms with Gasteiger partial charge in [-0.25, -0.2) is 4.98 Å². The van der Waals surface area contributed by atoms with Gasteiger partial charge in [0.25, 0.3) is 0 Å². The molecule has 2 aromatic heterocycles. The largest absolute Gasteiger partial charge is 0.329 e. The number of hydrogen-bond acceptors (Lipinski definition) is 2. The minimum atomic E-state index is 0.728. The van der Waals surface area contributed by atoms with Crippen molar-refractivity contribution >= 4 is 23.4 Å². The number of pyridine rings is 1. The predicted molar refractivity (Wildman–Crippen MR) is 87.6 cm³/mol. The summed E-state index contributed by atoms with van der Waals surface area (Å²) in [6, 6.07) is 8.56. The summed E-state index contributed by atoms with van der Waals surface area (Å²) in [6.07, 6.45) is 6.70. The fourth-order valence-electron chi connectivity index (χ4n) is 3.32. The number of aryl methyl sites for hydroxylation is 2. The molecular formula is C17H17N3S. The lowest BCUT2D eigenvalue weighted by atomic mass is 9.90. The van der Waals surface area contributed by atoms with E-state index in [0.717, 1.165) is 22.4 Å². The van der Waals surface area contributed by atoms with Crippen molar-refractivity contribution in [2.75, 3.05) is 0 Å². The van der Waals surface area contributed by atoms with Gasteiger partial charge in [0.1, 0.15) is 0 Å². The molecule has 0 radical (unpaired) electrons. The molecule has 0 spiro atoms. The molecule has 1 aromatic carbocycles. The van der Waals surface area contributed by atoms with Gasteiger partial charge in [0.05, 0.1) is 11.2 Å². The molecule has 1 aliphatic carbocycles. The lowest BCUT2D eigenvalue weighted by Crippen LogP contribution is -2.08. The molecule has 21 heavy (non-hydrogen) atoms. The average Bonchev–Trinajstić information content (AvgIpc) is 2.84. The molecule has 0 saturated heterocycles. The molecule has 106 valence electrons. The van der Waals surface area contributed by atoms with Gasteiger partial charge in [-0.2, -0.15) is 0 Å². The van der Waals surface area contributed by atoms with Crippen LogP contribution < -0.4 is 0 Å². The molecule has 3 nitrogen and oxygen atoms in total. The van der Waals surface area contributed by atoms with Crippen molar-refractivity contribution in [2.45, 2.75) is 32.6 Å². The quantitative estimate of drug-likeness (QED) is 0.680. The van der Waals surface area contributed by atoms with Crippen LogP contribution in [-0.4, -0.2) is 14.5 Å². The molecule has 1 aliphatic rings. The highest BCUT2D eigenvalue weighted by molar-refractivity contribution is 7.71. The maximum Gasteiger partial charge on any atom is 0.184 e. The first kappa shape index (κ1) is 12.8. The molecule has 0 atom stereocenters. The Morgan fingerprint density at radius 1 is 1.19 bits per heavy atom. The minimum absolute atomic E-state index is 0.728. The Bertz CT molecular complexity index is 889. The number of H-pyrrole nitrogens is 1. The first-order valence-corrected chi connectivity index (χ1v) is 7.84. The Balaban J connectivity index is 2.06. The Morgan fingerprint density at radius 3 is 2.95 bits per heavy atom. The van der Waals surface area contributed by atoms with E-state index in [4.69, 9.17) is 12.2 Å². The van der Waals surface area contributed by atoms with Crippen LogP contribution in [0.2, 0.25) is 0 Å². The van der Waals surface area contributed by atoms with E-state index >= 15 is 0 Å². The second-order valence-electron chi connectivity index (χ2n) is 5.71. The minimum Gasteiger partial charge on any atom is -0.329 e. The number of aromatic nitrogens is 3. The summed E-state index contributed by atoms with van der Waals surface area (Å²) in [5.41, 5.74) is 7.23. The summed E-state index contributed by atoms with van der Waals surface area (Å²) < 4.78 is 2.83. The summed E-state index contributed by atoms with van der Waals surface area (Å²) in [7, 11) is 0. The molecule has 4 heteroatoms. The summed E-state index contributed by atoms with van der Waals surface area (Å²) in [5.74, 6) is 0. The van der Waals surface area contributed by atoms with Gasteiger partial charge in [-0.3, -0.25) is 4.57 Å². The van der Waals surface area contributed by atoms with E-state index in [-0.39, 0.29) is 0 Å². The molecule has 0 aliphatic heterocycles. The molecule has 1 N–H and O–H groups in total. The van der Waals surface area contributed by atoms with Gasteiger partial charge in [-0.1, -0.05) is 12.1 Å². The summed E-state index contributed by atoms with van der Waals surface area (Å²) in [5, 5.41) is 0. The molecule has 0 saturated carbocycles. The maximum atomic E-state index is 5.57. The van der Waals surface area contributed by atoms with Crippen LogP contribution in [0.1, 0.15) is 29.5 Å². The normalized spacial score (nSPS) is 14.3. The van der Waals surface area contributed by atoms with E-state index in [1.165, 1.54) is 41.6 Å². The first-order chi connectivity index (χ1) is 10.3.